The lowest BCUT2D eigenvalue weighted by molar-refractivity contribution is -0.384. The topological polar surface area (TPSA) is 102 Å². The van der Waals surface area contributed by atoms with E-state index in [1.54, 1.807) is 23.1 Å². The van der Waals surface area contributed by atoms with E-state index in [-0.39, 0.29) is 30.5 Å². The zero-order valence-electron chi connectivity index (χ0n) is 14.8. The monoisotopic (exact) mass is 369 g/mol. The first kappa shape index (κ1) is 18.4. The van der Waals surface area contributed by atoms with Crippen LogP contribution in [-0.2, 0) is 9.59 Å². The van der Waals surface area contributed by atoms with Crippen molar-refractivity contribution < 1.29 is 19.2 Å². The summed E-state index contributed by atoms with van der Waals surface area (Å²) in [5, 5.41) is 13.5. The molecule has 1 atom stereocenters. The Morgan fingerprint density at radius 2 is 2.07 bits per heavy atom. The van der Waals surface area contributed by atoms with Crippen LogP contribution in [0.3, 0.4) is 0 Å². The van der Waals surface area contributed by atoms with E-state index >= 15 is 0 Å². The number of hydrogen-bond acceptors (Lipinski definition) is 5. The molecule has 0 bridgehead atoms. The van der Waals surface area contributed by atoms with E-state index in [4.69, 9.17) is 4.74 Å². The Hall–Kier alpha value is -3.42. The molecular formula is C19H19N3O5. The summed E-state index contributed by atoms with van der Waals surface area (Å²) in [6.07, 6.45) is 0.0707. The van der Waals surface area contributed by atoms with E-state index < -0.39 is 10.8 Å². The van der Waals surface area contributed by atoms with Gasteiger partial charge in [-0.3, -0.25) is 19.7 Å². The van der Waals surface area contributed by atoms with E-state index in [0.717, 1.165) is 0 Å². The van der Waals surface area contributed by atoms with E-state index in [1.165, 1.54) is 18.2 Å². The van der Waals surface area contributed by atoms with Crippen molar-refractivity contribution in [2.24, 2.45) is 5.92 Å². The number of para-hydroxylation sites is 2. The van der Waals surface area contributed by atoms with Crippen molar-refractivity contribution in [3.8, 4) is 5.75 Å². The number of carbonyl (C=O) groups excluding carboxylic acids is 2. The summed E-state index contributed by atoms with van der Waals surface area (Å²) < 4.78 is 5.57. The van der Waals surface area contributed by atoms with Crippen molar-refractivity contribution in [3.05, 3.63) is 58.6 Å². The number of non-ortho nitro benzene ring substituents is 1. The van der Waals surface area contributed by atoms with E-state index in [1.807, 2.05) is 19.1 Å². The third-order valence-corrected chi connectivity index (χ3v) is 4.28. The van der Waals surface area contributed by atoms with Gasteiger partial charge in [0.05, 0.1) is 23.1 Å². The van der Waals surface area contributed by atoms with Crippen molar-refractivity contribution in [3.63, 3.8) is 0 Å². The van der Waals surface area contributed by atoms with Gasteiger partial charge in [-0.25, -0.2) is 0 Å². The molecule has 27 heavy (non-hydrogen) atoms. The Morgan fingerprint density at radius 1 is 1.30 bits per heavy atom. The number of nitrogens with zero attached hydrogens (tertiary/aromatic N) is 2. The summed E-state index contributed by atoms with van der Waals surface area (Å²) in [5.41, 5.74) is 0.854. The normalized spacial score (nSPS) is 16.3. The number of carbonyl (C=O) groups is 2. The molecular weight excluding hydrogens is 350 g/mol. The van der Waals surface area contributed by atoms with Crippen LogP contribution in [0, 0.1) is 16.0 Å². The Balaban J connectivity index is 1.73. The highest BCUT2D eigenvalue weighted by molar-refractivity contribution is 6.04. The fourth-order valence-corrected chi connectivity index (χ4v) is 3.02. The van der Waals surface area contributed by atoms with Gasteiger partial charge in [0, 0.05) is 30.8 Å². The smallest absolute Gasteiger partial charge is 0.271 e. The number of amides is 2. The molecule has 1 N–H and O–H groups in total. The highest BCUT2D eigenvalue weighted by Gasteiger charge is 2.36. The molecule has 2 aromatic carbocycles. The quantitative estimate of drug-likeness (QED) is 0.623. The summed E-state index contributed by atoms with van der Waals surface area (Å²) in [4.78, 5) is 36.9. The fourth-order valence-electron chi connectivity index (χ4n) is 3.02. The zero-order chi connectivity index (χ0) is 19.4. The van der Waals surface area contributed by atoms with Gasteiger partial charge in [-0.05, 0) is 25.1 Å². The summed E-state index contributed by atoms with van der Waals surface area (Å²) in [7, 11) is 0. The van der Waals surface area contributed by atoms with Gasteiger partial charge in [-0.2, -0.15) is 0 Å². The Morgan fingerprint density at radius 3 is 2.81 bits per heavy atom. The van der Waals surface area contributed by atoms with Crippen molar-refractivity contribution in [2.45, 2.75) is 13.3 Å². The maximum atomic E-state index is 12.5. The molecule has 140 valence electrons. The van der Waals surface area contributed by atoms with Gasteiger partial charge in [0.2, 0.25) is 11.8 Å². The van der Waals surface area contributed by atoms with Crippen LogP contribution in [0.5, 0.6) is 5.75 Å². The summed E-state index contributed by atoms with van der Waals surface area (Å²) in [6.45, 7) is 2.55. The van der Waals surface area contributed by atoms with Gasteiger partial charge < -0.3 is 15.0 Å². The third-order valence-electron chi connectivity index (χ3n) is 4.28. The molecule has 8 nitrogen and oxygen atoms in total. The first-order valence-electron chi connectivity index (χ1n) is 8.57. The third kappa shape index (κ3) is 4.05. The van der Waals surface area contributed by atoms with Crippen molar-refractivity contribution >= 4 is 28.9 Å². The molecule has 0 radical (unpaired) electrons. The van der Waals surface area contributed by atoms with Crippen LogP contribution in [0.15, 0.2) is 48.5 Å². The molecule has 0 aromatic heterocycles. The van der Waals surface area contributed by atoms with Crippen molar-refractivity contribution in [1.29, 1.82) is 0 Å². The van der Waals surface area contributed by atoms with E-state index in [2.05, 4.69) is 5.32 Å². The molecule has 3 rings (SSSR count). The van der Waals surface area contributed by atoms with Gasteiger partial charge in [0.25, 0.3) is 5.69 Å². The Kier molecular flexibility index (Phi) is 5.35. The Labute approximate surface area is 155 Å². The molecule has 2 amide bonds. The number of benzene rings is 2. The first-order chi connectivity index (χ1) is 13.0. The van der Waals surface area contributed by atoms with Crippen molar-refractivity contribution in [1.82, 2.24) is 0 Å². The SMILES string of the molecule is CCOc1ccccc1N1C[C@H](C(=O)Nc2cccc([N+](=O)[O-])c2)CC1=O. The predicted molar refractivity (Wildman–Crippen MR) is 99.8 cm³/mol. The van der Waals surface area contributed by atoms with Gasteiger partial charge in [-0.15, -0.1) is 0 Å². The second-order valence-electron chi connectivity index (χ2n) is 6.10. The molecule has 0 spiro atoms. The number of nitrogens with one attached hydrogen (secondary N) is 1. The second-order valence-corrected chi connectivity index (χ2v) is 6.10. The molecule has 1 saturated heterocycles. The van der Waals surface area contributed by atoms with Gasteiger partial charge in [0.1, 0.15) is 5.75 Å². The van der Waals surface area contributed by atoms with Crippen LogP contribution in [0.25, 0.3) is 0 Å². The first-order valence-corrected chi connectivity index (χ1v) is 8.57. The van der Waals surface area contributed by atoms with Gasteiger partial charge >= 0.3 is 0 Å². The molecule has 1 fully saturated rings. The van der Waals surface area contributed by atoms with E-state index in [9.17, 15) is 19.7 Å². The predicted octanol–water partition coefficient (Wildman–Crippen LogP) is 2.99. The minimum Gasteiger partial charge on any atom is -0.492 e. The van der Waals surface area contributed by atoms with Crippen molar-refractivity contribution in [2.75, 3.05) is 23.4 Å². The lowest BCUT2D eigenvalue weighted by Gasteiger charge is -2.20. The van der Waals surface area contributed by atoms with Gasteiger partial charge in [-0.1, -0.05) is 18.2 Å². The minimum atomic E-state index is -0.550. The highest BCUT2D eigenvalue weighted by Crippen LogP contribution is 2.33. The molecule has 1 heterocycles. The number of rotatable bonds is 6. The van der Waals surface area contributed by atoms with Crippen LogP contribution in [0.1, 0.15) is 13.3 Å². The lowest BCUT2D eigenvalue weighted by Crippen LogP contribution is -2.28. The van der Waals surface area contributed by atoms with Crippen LogP contribution in [0.4, 0.5) is 17.1 Å². The lowest BCUT2D eigenvalue weighted by atomic mass is 10.1. The molecule has 1 aliphatic rings. The summed E-state index contributed by atoms with van der Waals surface area (Å²) in [5.74, 6) is -0.471. The van der Waals surface area contributed by atoms with Crippen LogP contribution >= 0.6 is 0 Å². The number of nitro benzene ring substituents is 1. The van der Waals surface area contributed by atoms with Crippen LogP contribution in [-0.4, -0.2) is 29.9 Å². The molecule has 0 aliphatic carbocycles. The highest BCUT2D eigenvalue weighted by atomic mass is 16.6. The zero-order valence-corrected chi connectivity index (χ0v) is 14.8. The number of hydrogen-bond donors (Lipinski definition) is 1. The molecule has 0 saturated carbocycles. The second kappa shape index (κ2) is 7.86. The fraction of sp³-hybridized carbons (Fsp3) is 0.263. The molecule has 8 heteroatoms. The average Bonchev–Trinajstić information content (AvgIpc) is 3.04. The number of ether oxygens (including phenoxy) is 1. The molecule has 2 aromatic rings. The Bertz CT molecular complexity index is 883. The summed E-state index contributed by atoms with van der Waals surface area (Å²) >= 11 is 0. The summed E-state index contributed by atoms with van der Waals surface area (Å²) in [6, 6.07) is 12.9. The number of anilines is 2. The maximum Gasteiger partial charge on any atom is 0.271 e. The van der Waals surface area contributed by atoms with Crippen LogP contribution in [0.2, 0.25) is 0 Å². The molecule has 1 aliphatic heterocycles. The number of nitro groups is 1. The van der Waals surface area contributed by atoms with Crippen LogP contribution < -0.4 is 15.0 Å². The molecule has 0 unspecified atom stereocenters. The van der Waals surface area contributed by atoms with Gasteiger partial charge in [0.15, 0.2) is 0 Å². The van der Waals surface area contributed by atoms with E-state index in [0.29, 0.717) is 23.7 Å². The minimum absolute atomic E-state index is 0.0707. The average molecular weight is 369 g/mol. The largest absolute Gasteiger partial charge is 0.492 e. The standard InChI is InChI=1S/C19H19N3O5/c1-2-27-17-9-4-3-8-16(17)21-12-13(10-18(21)23)19(24)20-14-6-5-7-15(11-14)22(25)26/h3-9,11,13H,2,10,12H2,1H3,(H,20,24)/t13-/m1/s1. The maximum absolute atomic E-state index is 12.5.